The number of sulfone groups is 1. The topological polar surface area (TPSA) is 46.2 Å². The molecule has 0 heterocycles. The van der Waals surface area contributed by atoms with Crippen molar-refractivity contribution in [3.8, 4) is 0 Å². The molecule has 0 saturated heterocycles. The number of nitrogens with one attached hydrogen (secondary N) is 1. The predicted molar refractivity (Wildman–Crippen MR) is 76.5 cm³/mol. The van der Waals surface area contributed by atoms with Gasteiger partial charge in [0.1, 0.15) is 5.82 Å². The summed E-state index contributed by atoms with van der Waals surface area (Å²) in [5, 5.41) is 2.70. The zero-order chi connectivity index (χ0) is 14.6. The van der Waals surface area contributed by atoms with E-state index in [-0.39, 0.29) is 11.9 Å². The van der Waals surface area contributed by atoms with Gasteiger partial charge >= 0.3 is 0 Å². The van der Waals surface area contributed by atoms with E-state index in [9.17, 15) is 12.8 Å². The smallest absolute Gasteiger partial charge is 0.151 e. The van der Waals surface area contributed by atoms with Crippen molar-refractivity contribution in [2.45, 2.75) is 38.5 Å². The van der Waals surface area contributed by atoms with Crippen LogP contribution in [-0.4, -0.2) is 26.5 Å². The molecule has 108 valence electrons. The summed E-state index contributed by atoms with van der Waals surface area (Å²) in [6, 6.07) is 4.17. The van der Waals surface area contributed by atoms with Crippen molar-refractivity contribution in [2.24, 2.45) is 0 Å². The molecule has 0 aliphatic rings. The largest absolute Gasteiger partial charge is 0.309 e. The lowest BCUT2D eigenvalue weighted by Gasteiger charge is -2.26. The molecule has 5 heteroatoms. The Kier molecular flexibility index (Phi) is 5.50. The van der Waals surface area contributed by atoms with Crippen LogP contribution in [0.1, 0.15) is 37.4 Å². The van der Waals surface area contributed by atoms with E-state index in [4.69, 9.17) is 0 Å². The highest BCUT2D eigenvalue weighted by molar-refractivity contribution is 7.91. The Morgan fingerprint density at radius 3 is 2.47 bits per heavy atom. The Morgan fingerprint density at radius 1 is 1.37 bits per heavy atom. The van der Waals surface area contributed by atoms with Crippen molar-refractivity contribution in [1.82, 2.24) is 5.32 Å². The minimum Gasteiger partial charge on any atom is -0.309 e. The van der Waals surface area contributed by atoms with Crippen LogP contribution in [0.5, 0.6) is 0 Å². The van der Waals surface area contributed by atoms with E-state index in [0.29, 0.717) is 0 Å². The molecule has 3 nitrogen and oxygen atoms in total. The van der Waals surface area contributed by atoms with E-state index in [1.54, 1.807) is 19.9 Å². The average Bonchev–Trinajstić information content (AvgIpc) is 2.30. The summed E-state index contributed by atoms with van der Waals surface area (Å²) in [6.07, 6.45) is 2.14. The van der Waals surface area contributed by atoms with Gasteiger partial charge in [-0.2, -0.15) is 0 Å². The Labute approximate surface area is 115 Å². The van der Waals surface area contributed by atoms with E-state index in [1.807, 2.05) is 6.92 Å². The van der Waals surface area contributed by atoms with Crippen molar-refractivity contribution in [1.29, 1.82) is 0 Å². The third-order valence-corrected chi connectivity index (χ3v) is 4.95. The molecular weight excluding hydrogens is 265 g/mol. The number of halogens is 1. The second-order valence-electron chi connectivity index (χ2n) is 4.97. The Bertz CT molecular complexity index is 528. The molecule has 0 aliphatic carbocycles. The van der Waals surface area contributed by atoms with Crippen LogP contribution in [0.3, 0.4) is 0 Å². The molecule has 2 unspecified atom stereocenters. The molecule has 1 rings (SSSR count). The van der Waals surface area contributed by atoms with E-state index in [2.05, 4.69) is 5.32 Å². The first kappa shape index (κ1) is 16.1. The molecule has 0 fully saturated rings. The monoisotopic (exact) mass is 287 g/mol. The number of aryl methyl sites for hydroxylation is 1. The average molecular weight is 287 g/mol. The van der Waals surface area contributed by atoms with Gasteiger partial charge in [-0.15, -0.1) is 0 Å². The summed E-state index contributed by atoms with van der Waals surface area (Å²) >= 11 is 0. The summed E-state index contributed by atoms with van der Waals surface area (Å²) in [7, 11) is -3.16. The van der Waals surface area contributed by atoms with Crippen molar-refractivity contribution in [3.05, 3.63) is 35.1 Å². The number of rotatable bonds is 6. The minimum atomic E-state index is -3.16. The molecule has 0 aromatic heterocycles. The first-order chi connectivity index (χ1) is 8.77. The highest BCUT2D eigenvalue weighted by atomic mass is 32.2. The Morgan fingerprint density at radius 2 is 2.00 bits per heavy atom. The molecule has 0 aliphatic heterocycles. The number of hydrogen-bond donors (Lipinski definition) is 1. The summed E-state index contributed by atoms with van der Waals surface area (Å²) in [5.74, 6) is -0.303. The van der Waals surface area contributed by atoms with Crippen LogP contribution in [0.4, 0.5) is 4.39 Å². The lowest BCUT2D eigenvalue weighted by atomic mass is 9.98. The first-order valence-corrected chi connectivity index (χ1v) is 8.41. The van der Waals surface area contributed by atoms with Crippen molar-refractivity contribution < 1.29 is 12.8 Å². The Balaban J connectivity index is 3.16. The zero-order valence-corrected chi connectivity index (χ0v) is 12.7. The van der Waals surface area contributed by atoms with Crippen LogP contribution in [0.2, 0.25) is 0 Å². The second-order valence-corrected chi connectivity index (χ2v) is 7.37. The fourth-order valence-corrected chi connectivity index (χ4v) is 2.80. The van der Waals surface area contributed by atoms with Crippen molar-refractivity contribution in [2.75, 3.05) is 12.8 Å². The molecule has 0 radical (unpaired) electrons. The third-order valence-electron chi connectivity index (χ3n) is 3.33. The van der Waals surface area contributed by atoms with Gasteiger partial charge < -0.3 is 5.32 Å². The number of benzene rings is 1. The second kappa shape index (κ2) is 6.48. The first-order valence-electron chi connectivity index (χ1n) is 6.45. The summed E-state index contributed by atoms with van der Waals surface area (Å²) in [6.45, 7) is 6.23. The zero-order valence-electron chi connectivity index (χ0n) is 11.9. The van der Waals surface area contributed by atoms with E-state index in [1.165, 1.54) is 18.4 Å². The van der Waals surface area contributed by atoms with E-state index in [0.717, 1.165) is 24.1 Å². The predicted octanol–water partition coefficient (Wildman–Crippen LogP) is 2.61. The maximum Gasteiger partial charge on any atom is 0.151 e. The summed E-state index contributed by atoms with van der Waals surface area (Å²) < 4.78 is 36.7. The van der Waals surface area contributed by atoms with Gasteiger partial charge in [0.25, 0.3) is 0 Å². The fraction of sp³-hybridized carbons (Fsp3) is 0.571. The van der Waals surface area contributed by atoms with Gasteiger partial charge in [-0.1, -0.05) is 13.0 Å². The van der Waals surface area contributed by atoms with Gasteiger partial charge in [0.15, 0.2) is 9.84 Å². The van der Waals surface area contributed by atoms with Gasteiger partial charge in [0, 0.05) is 12.3 Å². The SMILES string of the molecule is CCCNC(c1ccc(F)cc1C)C(C)S(C)(=O)=O. The van der Waals surface area contributed by atoms with Gasteiger partial charge in [0.05, 0.1) is 5.25 Å². The van der Waals surface area contributed by atoms with Crippen LogP contribution < -0.4 is 5.32 Å². The molecule has 1 aromatic rings. The van der Waals surface area contributed by atoms with Gasteiger partial charge in [-0.05, 0) is 50.1 Å². The van der Waals surface area contributed by atoms with Crippen LogP contribution in [-0.2, 0) is 9.84 Å². The quantitative estimate of drug-likeness (QED) is 0.875. The van der Waals surface area contributed by atoms with Crippen LogP contribution in [0.25, 0.3) is 0 Å². The van der Waals surface area contributed by atoms with Gasteiger partial charge in [-0.25, -0.2) is 12.8 Å². The third kappa shape index (κ3) is 4.28. The maximum atomic E-state index is 13.2. The summed E-state index contributed by atoms with van der Waals surface area (Å²) in [5.41, 5.74) is 1.61. The lowest BCUT2D eigenvalue weighted by Crippen LogP contribution is -2.35. The normalized spacial score (nSPS) is 15.2. The Hall–Kier alpha value is -0.940. The molecule has 0 amide bonds. The van der Waals surface area contributed by atoms with Crippen molar-refractivity contribution >= 4 is 9.84 Å². The van der Waals surface area contributed by atoms with Crippen LogP contribution >= 0.6 is 0 Å². The highest BCUT2D eigenvalue weighted by Gasteiger charge is 2.27. The van der Waals surface area contributed by atoms with E-state index >= 15 is 0 Å². The van der Waals surface area contributed by atoms with Gasteiger partial charge in [0.2, 0.25) is 0 Å². The fourth-order valence-electron chi connectivity index (χ4n) is 2.06. The maximum absolute atomic E-state index is 13.2. The standard InChI is InChI=1S/C14H22FNO2S/c1-5-8-16-14(11(3)19(4,17)18)13-7-6-12(15)9-10(13)2/h6-7,9,11,14,16H,5,8H2,1-4H3. The molecule has 19 heavy (non-hydrogen) atoms. The van der Waals surface area contributed by atoms with Crippen LogP contribution in [0.15, 0.2) is 18.2 Å². The molecule has 1 aromatic carbocycles. The molecule has 0 spiro atoms. The van der Waals surface area contributed by atoms with Gasteiger partial charge in [-0.3, -0.25) is 0 Å². The highest BCUT2D eigenvalue weighted by Crippen LogP contribution is 2.25. The lowest BCUT2D eigenvalue weighted by molar-refractivity contribution is 0.498. The van der Waals surface area contributed by atoms with E-state index < -0.39 is 15.1 Å². The minimum absolute atomic E-state index is 0.303. The molecule has 2 atom stereocenters. The molecular formula is C14H22FNO2S. The molecule has 1 N–H and O–H groups in total. The summed E-state index contributed by atoms with van der Waals surface area (Å²) in [4.78, 5) is 0. The molecule has 0 bridgehead atoms. The molecule has 0 saturated carbocycles. The number of hydrogen-bond acceptors (Lipinski definition) is 3. The van der Waals surface area contributed by atoms with Crippen molar-refractivity contribution in [3.63, 3.8) is 0 Å². The van der Waals surface area contributed by atoms with Crippen LogP contribution in [0, 0.1) is 12.7 Å².